The molecule has 3 aromatic carbocycles. The van der Waals surface area contributed by atoms with Crippen molar-refractivity contribution in [2.75, 3.05) is 20.7 Å². The summed E-state index contributed by atoms with van der Waals surface area (Å²) in [6.07, 6.45) is 0.817. The lowest BCUT2D eigenvalue weighted by Crippen LogP contribution is -1.99. The molecule has 5 nitrogen and oxygen atoms in total. The van der Waals surface area contributed by atoms with Crippen LogP contribution in [0.15, 0.2) is 66.7 Å². The van der Waals surface area contributed by atoms with Gasteiger partial charge in [0.1, 0.15) is 11.5 Å². The van der Waals surface area contributed by atoms with Crippen molar-refractivity contribution in [2.45, 2.75) is 13.3 Å². The van der Waals surface area contributed by atoms with E-state index in [2.05, 4.69) is 13.0 Å². The highest BCUT2D eigenvalue weighted by Gasteiger charge is 2.18. The third-order valence-electron chi connectivity index (χ3n) is 5.02. The molecule has 0 bridgehead atoms. The number of fused-ring (bicyclic) bond motifs is 1. The average molecular weight is 404 g/mol. The van der Waals surface area contributed by atoms with E-state index in [9.17, 15) is 5.11 Å². The van der Waals surface area contributed by atoms with Gasteiger partial charge in [-0.3, -0.25) is 0 Å². The Morgan fingerprint density at radius 3 is 2.17 bits per heavy atom. The lowest BCUT2D eigenvalue weighted by Gasteiger charge is -2.17. The van der Waals surface area contributed by atoms with Crippen LogP contribution in [0.5, 0.6) is 23.0 Å². The fraction of sp³-hybridized carbons (Fsp3) is 0.200. The number of hydrogen-bond donors (Lipinski definition) is 1. The monoisotopic (exact) mass is 404 g/mol. The number of aromatic hydroxyl groups is 1. The molecule has 4 rings (SSSR count). The number of ether oxygens (including phenoxy) is 4. The zero-order valence-corrected chi connectivity index (χ0v) is 17.1. The predicted octanol–water partition coefficient (Wildman–Crippen LogP) is 5.47. The van der Waals surface area contributed by atoms with Gasteiger partial charge in [0.25, 0.3) is 0 Å². The number of methoxy groups -OCH3 is 1. The van der Waals surface area contributed by atoms with Crippen LogP contribution in [0.3, 0.4) is 0 Å². The van der Waals surface area contributed by atoms with E-state index >= 15 is 0 Å². The van der Waals surface area contributed by atoms with Gasteiger partial charge >= 0.3 is 0 Å². The maximum Gasteiger partial charge on any atom is 0.231 e. The third-order valence-corrected chi connectivity index (χ3v) is 5.02. The SMILES string of the molecule is CC/C(=C(\c1ccc(O)cc1)c1ccc(OCOC)cc1)c1ccc2c(c1)OCO2. The van der Waals surface area contributed by atoms with E-state index in [1.807, 2.05) is 48.5 Å². The van der Waals surface area contributed by atoms with E-state index in [0.29, 0.717) is 0 Å². The van der Waals surface area contributed by atoms with Crippen LogP contribution >= 0.6 is 0 Å². The summed E-state index contributed by atoms with van der Waals surface area (Å²) < 4.78 is 21.6. The van der Waals surface area contributed by atoms with E-state index < -0.39 is 0 Å². The molecule has 0 fully saturated rings. The lowest BCUT2D eigenvalue weighted by atomic mass is 9.88. The molecular weight excluding hydrogens is 380 g/mol. The molecule has 3 aromatic rings. The van der Waals surface area contributed by atoms with E-state index in [0.717, 1.165) is 45.9 Å². The van der Waals surface area contributed by atoms with Crippen LogP contribution < -0.4 is 14.2 Å². The van der Waals surface area contributed by atoms with E-state index in [1.165, 1.54) is 5.57 Å². The Morgan fingerprint density at radius 1 is 0.867 bits per heavy atom. The van der Waals surface area contributed by atoms with Crippen molar-refractivity contribution in [3.8, 4) is 23.0 Å². The first-order valence-corrected chi connectivity index (χ1v) is 9.84. The van der Waals surface area contributed by atoms with Gasteiger partial charge in [0.15, 0.2) is 18.3 Å². The highest BCUT2D eigenvalue weighted by molar-refractivity contribution is 5.99. The van der Waals surface area contributed by atoms with Gasteiger partial charge in [0.05, 0.1) is 0 Å². The van der Waals surface area contributed by atoms with Crippen molar-refractivity contribution in [1.82, 2.24) is 0 Å². The van der Waals surface area contributed by atoms with Crippen LogP contribution in [0.25, 0.3) is 11.1 Å². The van der Waals surface area contributed by atoms with Crippen LogP contribution in [-0.4, -0.2) is 25.8 Å². The van der Waals surface area contributed by atoms with E-state index in [1.54, 1.807) is 19.2 Å². The highest BCUT2D eigenvalue weighted by Crippen LogP contribution is 2.40. The van der Waals surface area contributed by atoms with Crippen molar-refractivity contribution in [1.29, 1.82) is 0 Å². The summed E-state index contributed by atoms with van der Waals surface area (Å²) in [7, 11) is 1.60. The van der Waals surface area contributed by atoms with Gasteiger partial charge in [-0.25, -0.2) is 0 Å². The van der Waals surface area contributed by atoms with E-state index in [4.69, 9.17) is 18.9 Å². The van der Waals surface area contributed by atoms with Crippen molar-refractivity contribution in [2.24, 2.45) is 0 Å². The van der Waals surface area contributed by atoms with Gasteiger partial charge in [0.2, 0.25) is 6.79 Å². The molecule has 1 aliphatic rings. The average Bonchev–Trinajstić information content (AvgIpc) is 3.25. The molecule has 0 amide bonds. The molecule has 0 atom stereocenters. The maximum atomic E-state index is 9.77. The molecule has 0 aromatic heterocycles. The first-order valence-electron chi connectivity index (χ1n) is 9.84. The quantitative estimate of drug-likeness (QED) is 0.418. The van der Waals surface area contributed by atoms with Crippen molar-refractivity contribution < 1.29 is 24.1 Å². The van der Waals surface area contributed by atoms with Crippen LogP contribution in [0, 0.1) is 0 Å². The van der Waals surface area contributed by atoms with Crippen LogP contribution in [0.2, 0.25) is 0 Å². The molecule has 0 saturated heterocycles. The maximum absolute atomic E-state index is 9.77. The van der Waals surface area contributed by atoms with Gasteiger partial charge in [-0.1, -0.05) is 37.3 Å². The minimum Gasteiger partial charge on any atom is -0.508 e. The number of allylic oxidation sites excluding steroid dienone is 1. The molecule has 0 spiro atoms. The fourth-order valence-corrected chi connectivity index (χ4v) is 3.60. The van der Waals surface area contributed by atoms with E-state index in [-0.39, 0.29) is 19.3 Å². The Balaban J connectivity index is 1.84. The third kappa shape index (κ3) is 4.11. The zero-order chi connectivity index (χ0) is 20.9. The topological polar surface area (TPSA) is 57.2 Å². The number of hydrogen-bond acceptors (Lipinski definition) is 5. The summed E-state index contributed by atoms with van der Waals surface area (Å²) >= 11 is 0. The minimum absolute atomic E-state index is 0.206. The molecule has 1 heterocycles. The predicted molar refractivity (Wildman–Crippen MR) is 116 cm³/mol. The Labute approximate surface area is 176 Å². The molecular formula is C25H24O5. The molecule has 1 aliphatic heterocycles. The zero-order valence-electron chi connectivity index (χ0n) is 17.1. The van der Waals surface area contributed by atoms with Crippen LogP contribution in [0.1, 0.15) is 30.0 Å². The van der Waals surface area contributed by atoms with Crippen molar-refractivity contribution >= 4 is 11.1 Å². The fourth-order valence-electron chi connectivity index (χ4n) is 3.60. The van der Waals surface area contributed by atoms with Gasteiger partial charge in [0, 0.05) is 7.11 Å². The van der Waals surface area contributed by atoms with Crippen LogP contribution in [-0.2, 0) is 4.74 Å². The number of benzene rings is 3. The summed E-state index contributed by atoms with van der Waals surface area (Å²) in [5.41, 5.74) is 5.41. The molecule has 154 valence electrons. The van der Waals surface area contributed by atoms with Crippen molar-refractivity contribution in [3.05, 3.63) is 83.4 Å². The summed E-state index contributed by atoms with van der Waals surface area (Å²) in [6.45, 7) is 2.59. The second-order valence-electron chi connectivity index (χ2n) is 6.90. The van der Waals surface area contributed by atoms with Gasteiger partial charge in [-0.2, -0.15) is 0 Å². The summed E-state index contributed by atoms with van der Waals surface area (Å²) in [6, 6.07) is 21.3. The Morgan fingerprint density at radius 2 is 1.50 bits per heavy atom. The number of rotatable bonds is 7. The second-order valence-corrected chi connectivity index (χ2v) is 6.90. The smallest absolute Gasteiger partial charge is 0.231 e. The largest absolute Gasteiger partial charge is 0.508 e. The van der Waals surface area contributed by atoms with Gasteiger partial charge < -0.3 is 24.1 Å². The summed E-state index contributed by atoms with van der Waals surface area (Å²) in [5, 5.41) is 9.77. The summed E-state index contributed by atoms with van der Waals surface area (Å²) in [4.78, 5) is 0. The first-order chi connectivity index (χ1) is 14.7. The van der Waals surface area contributed by atoms with Gasteiger partial charge in [-0.05, 0) is 70.7 Å². The Bertz CT molecular complexity index is 1040. The molecule has 30 heavy (non-hydrogen) atoms. The molecule has 0 unspecified atom stereocenters. The summed E-state index contributed by atoms with van der Waals surface area (Å²) in [5.74, 6) is 2.50. The second kappa shape index (κ2) is 8.93. The normalized spacial score (nSPS) is 13.1. The molecule has 0 aliphatic carbocycles. The number of phenolic OH excluding ortho intramolecular Hbond substituents is 1. The molecule has 0 radical (unpaired) electrons. The van der Waals surface area contributed by atoms with Gasteiger partial charge in [-0.15, -0.1) is 0 Å². The number of phenols is 1. The molecule has 5 heteroatoms. The van der Waals surface area contributed by atoms with Crippen molar-refractivity contribution in [3.63, 3.8) is 0 Å². The standard InChI is InChI=1S/C25H24O5/c1-3-22(19-8-13-23-24(14-19)30-16-29-23)25(17-4-9-20(26)10-5-17)18-6-11-21(12-7-18)28-15-27-2/h4-14,26H,3,15-16H2,1-2H3/b25-22-. The van der Waals surface area contributed by atoms with Crippen LogP contribution in [0.4, 0.5) is 0 Å². The Hall–Kier alpha value is -3.44. The molecule has 0 saturated carbocycles. The highest BCUT2D eigenvalue weighted by atomic mass is 16.7. The lowest BCUT2D eigenvalue weighted by molar-refractivity contribution is 0.0511. The minimum atomic E-state index is 0.206. The molecule has 1 N–H and O–H groups in total. The first kappa shape index (κ1) is 19.9. The Kier molecular flexibility index (Phi) is 5.91.